The molecule has 0 atom stereocenters. The van der Waals surface area contributed by atoms with Crippen LogP contribution in [0.5, 0.6) is 0 Å². The fourth-order valence-electron chi connectivity index (χ4n) is 0.598. The molecule has 0 radical (unpaired) electrons. The minimum atomic E-state index is -3.81. The quantitative estimate of drug-likeness (QED) is 0.573. The molecule has 0 spiro atoms. The van der Waals surface area contributed by atoms with E-state index in [4.69, 9.17) is 4.55 Å². The van der Waals surface area contributed by atoms with E-state index < -0.39 is 22.4 Å². The van der Waals surface area contributed by atoms with E-state index >= 15 is 0 Å². The summed E-state index contributed by atoms with van der Waals surface area (Å²) in [7, 11) is -3.81. The summed E-state index contributed by atoms with van der Waals surface area (Å²) in [6.07, 6.45) is 0. The molecule has 1 aromatic carbocycles. The Labute approximate surface area is 70.4 Å². The third-order valence-electron chi connectivity index (χ3n) is 0.945. The predicted octanol–water partition coefficient (Wildman–Crippen LogP) is -0.181. The second kappa shape index (κ2) is 3.36. The monoisotopic (exact) mass is 238 g/mol. The third kappa shape index (κ3) is 3.53. The molecule has 0 heterocycles. The summed E-state index contributed by atoms with van der Waals surface area (Å²) in [5, 5.41) is 0. The molecule has 11 heavy (non-hydrogen) atoms. The van der Waals surface area contributed by atoms with Crippen LogP contribution in [0.15, 0.2) is 30.3 Å². The van der Waals surface area contributed by atoms with Crippen LogP contribution in [0.1, 0.15) is 0 Å². The van der Waals surface area contributed by atoms with Crippen molar-refractivity contribution in [3.8, 4) is 0 Å². The van der Waals surface area contributed by atoms with Gasteiger partial charge < -0.3 is 0 Å². The van der Waals surface area contributed by atoms with E-state index in [0.29, 0.717) is 4.46 Å². The predicted molar refractivity (Wildman–Crippen MR) is 43.4 cm³/mol. The molecule has 5 heteroatoms. The first kappa shape index (κ1) is 8.74. The van der Waals surface area contributed by atoms with Gasteiger partial charge in [0.15, 0.2) is 0 Å². The number of hydrogen-bond donors (Lipinski definition) is 1. The molecular weight excluding hydrogens is 231 g/mol. The molecule has 0 fully saturated rings. The molecule has 0 aliphatic carbocycles. The van der Waals surface area contributed by atoms with E-state index in [1.54, 1.807) is 30.3 Å². The van der Waals surface area contributed by atoms with Crippen LogP contribution in [-0.4, -0.2) is 26.8 Å². The van der Waals surface area contributed by atoms with Gasteiger partial charge in [0.1, 0.15) is 0 Å². The molecule has 0 aromatic heterocycles. The maximum atomic E-state index is 10.4. The standard InChI is InChI=1S/C6H6O3SSe/c7-10(8,9)11-6-4-2-1-3-5-6/h1-5H,(H,7,8,9). The molecule has 1 rings (SSSR count). The summed E-state index contributed by atoms with van der Waals surface area (Å²) in [5.74, 6) is 0. The summed E-state index contributed by atoms with van der Waals surface area (Å²) in [5.41, 5.74) is 0. The molecule has 60 valence electrons. The first-order valence-electron chi connectivity index (χ1n) is 2.80. The van der Waals surface area contributed by atoms with Crippen LogP contribution in [0.4, 0.5) is 0 Å². The topological polar surface area (TPSA) is 54.4 Å². The van der Waals surface area contributed by atoms with Crippen molar-refractivity contribution in [2.75, 3.05) is 0 Å². The van der Waals surface area contributed by atoms with Gasteiger partial charge in [0.2, 0.25) is 0 Å². The summed E-state index contributed by atoms with van der Waals surface area (Å²) in [6, 6.07) is 8.62. The molecule has 0 saturated carbocycles. The number of rotatable bonds is 2. The molecule has 0 bridgehead atoms. The van der Waals surface area contributed by atoms with Crippen molar-refractivity contribution < 1.29 is 13.0 Å². The molecule has 0 unspecified atom stereocenters. The Morgan fingerprint density at radius 2 is 1.73 bits per heavy atom. The van der Waals surface area contributed by atoms with Crippen molar-refractivity contribution in [2.24, 2.45) is 0 Å². The van der Waals surface area contributed by atoms with Crippen molar-refractivity contribution in [1.29, 1.82) is 0 Å². The van der Waals surface area contributed by atoms with Gasteiger partial charge in [-0.1, -0.05) is 0 Å². The van der Waals surface area contributed by atoms with Crippen molar-refractivity contribution in [3.63, 3.8) is 0 Å². The zero-order valence-corrected chi connectivity index (χ0v) is 8.00. The van der Waals surface area contributed by atoms with E-state index in [9.17, 15) is 8.42 Å². The first-order valence-corrected chi connectivity index (χ1v) is 7.12. The Hall–Kier alpha value is -0.351. The van der Waals surface area contributed by atoms with E-state index in [0.717, 1.165) is 0 Å². The van der Waals surface area contributed by atoms with Gasteiger partial charge in [0, 0.05) is 0 Å². The normalized spacial score (nSPS) is 11.4. The summed E-state index contributed by atoms with van der Waals surface area (Å²) < 4.78 is 29.9. The van der Waals surface area contributed by atoms with Gasteiger partial charge in [0.25, 0.3) is 0 Å². The van der Waals surface area contributed by atoms with Crippen molar-refractivity contribution in [2.45, 2.75) is 0 Å². The number of hydrogen-bond acceptors (Lipinski definition) is 2. The van der Waals surface area contributed by atoms with Crippen LogP contribution in [0.25, 0.3) is 0 Å². The SMILES string of the molecule is O=S(=O)(O)[Se]c1ccccc1. The minimum absolute atomic E-state index is 0.655. The molecule has 1 N–H and O–H groups in total. The van der Waals surface area contributed by atoms with Gasteiger partial charge in [-0.3, -0.25) is 0 Å². The Bertz CT molecular complexity index is 319. The van der Waals surface area contributed by atoms with Crippen LogP contribution in [-0.2, 0) is 8.54 Å². The van der Waals surface area contributed by atoms with Crippen molar-refractivity contribution in [1.82, 2.24) is 0 Å². The molecule has 3 nitrogen and oxygen atoms in total. The van der Waals surface area contributed by atoms with E-state index in [1.807, 2.05) is 0 Å². The van der Waals surface area contributed by atoms with Crippen LogP contribution in [0, 0.1) is 0 Å². The molecule has 0 amide bonds. The Kier molecular flexibility index (Phi) is 2.67. The van der Waals surface area contributed by atoms with Gasteiger partial charge in [-0.15, -0.1) is 0 Å². The average Bonchev–Trinajstić information content (AvgIpc) is 1.85. The summed E-state index contributed by atoms with van der Waals surface area (Å²) in [6.45, 7) is 0. The summed E-state index contributed by atoms with van der Waals surface area (Å²) >= 11 is -0.867. The second-order valence-corrected chi connectivity index (χ2v) is 7.54. The Morgan fingerprint density at radius 1 is 1.18 bits per heavy atom. The van der Waals surface area contributed by atoms with Crippen molar-refractivity contribution >= 4 is 26.8 Å². The van der Waals surface area contributed by atoms with Gasteiger partial charge >= 0.3 is 70.1 Å². The average molecular weight is 237 g/mol. The van der Waals surface area contributed by atoms with Crippen molar-refractivity contribution in [3.05, 3.63) is 30.3 Å². The van der Waals surface area contributed by atoms with Gasteiger partial charge in [0.05, 0.1) is 0 Å². The summed E-state index contributed by atoms with van der Waals surface area (Å²) in [4.78, 5) is 0. The third-order valence-corrected chi connectivity index (χ3v) is 4.46. The van der Waals surface area contributed by atoms with E-state index in [-0.39, 0.29) is 0 Å². The van der Waals surface area contributed by atoms with E-state index in [1.165, 1.54) is 0 Å². The molecule has 0 saturated heterocycles. The Balaban J connectivity index is 2.82. The molecule has 1 aromatic rings. The van der Waals surface area contributed by atoms with Crippen LogP contribution >= 0.6 is 0 Å². The second-order valence-electron chi connectivity index (χ2n) is 1.82. The van der Waals surface area contributed by atoms with E-state index in [2.05, 4.69) is 0 Å². The molecule has 0 aliphatic rings. The van der Waals surface area contributed by atoms with Crippen LogP contribution < -0.4 is 4.46 Å². The zero-order chi connectivity index (χ0) is 8.32. The van der Waals surface area contributed by atoms with Gasteiger partial charge in [-0.25, -0.2) is 0 Å². The number of benzene rings is 1. The van der Waals surface area contributed by atoms with Crippen LogP contribution in [0.3, 0.4) is 0 Å². The zero-order valence-electron chi connectivity index (χ0n) is 5.47. The Morgan fingerprint density at radius 3 is 2.18 bits per heavy atom. The van der Waals surface area contributed by atoms with Gasteiger partial charge in [-0.05, 0) is 0 Å². The van der Waals surface area contributed by atoms with Gasteiger partial charge in [-0.2, -0.15) is 0 Å². The van der Waals surface area contributed by atoms with Crippen LogP contribution in [0.2, 0.25) is 0 Å². The molecular formula is C6H6O3SSe. The fraction of sp³-hybridized carbons (Fsp3) is 0. The maximum absolute atomic E-state index is 10.4. The molecule has 0 aliphatic heterocycles. The first-order chi connectivity index (χ1) is 5.08. The fourth-order valence-corrected chi connectivity index (χ4v) is 3.51.